The van der Waals surface area contributed by atoms with Crippen molar-refractivity contribution in [2.45, 2.75) is 64.5 Å². The molecule has 1 aromatic carbocycles. The second-order valence-electron chi connectivity index (χ2n) is 8.60. The van der Waals surface area contributed by atoms with Gasteiger partial charge in [0, 0.05) is 32.1 Å². The second kappa shape index (κ2) is 8.41. The van der Waals surface area contributed by atoms with Crippen LogP contribution in [0.1, 0.15) is 64.5 Å². The number of ether oxygens (including phenoxy) is 1. The molecule has 6 nitrogen and oxygen atoms in total. The Bertz CT molecular complexity index is 723. The van der Waals surface area contributed by atoms with Gasteiger partial charge in [0.25, 0.3) is 0 Å². The van der Waals surface area contributed by atoms with Crippen LogP contribution in [-0.2, 0) is 4.79 Å². The van der Waals surface area contributed by atoms with E-state index >= 15 is 0 Å². The third kappa shape index (κ3) is 4.42. The third-order valence-corrected chi connectivity index (χ3v) is 5.90. The highest BCUT2D eigenvalue weighted by molar-refractivity contribution is 5.84. The maximum Gasteiger partial charge on any atom is 0.227 e. The Kier molecular flexibility index (Phi) is 6.16. The minimum Gasteiger partial charge on any atom is -0.487 e. The van der Waals surface area contributed by atoms with Crippen molar-refractivity contribution < 1.29 is 9.53 Å². The average Bonchev–Trinajstić information content (AvgIpc) is 3.12. The summed E-state index contributed by atoms with van der Waals surface area (Å²) in [7, 11) is 1.77. The van der Waals surface area contributed by atoms with E-state index in [1.165, 1.54) is 18.4 Å². The number of carbonyl (C=O) groups excluding carboxylic acids is 1. The fourth-order valence-corrected chi connectivity index (χ4v) is 4.22. The smallest absolute Gasteiger partial charge is 0.227 e. The molecule has 0 saturated heterocycles. The zero-order chi connectivity index (χ0) is 20.2. The van der Waals surface area contributed by atoms with E-state index in [1.807, 2.05) is 26.8 Å². The number of aliphatic imine (C=N–C) groups is 1. The van der Waals surface area contributed by atoms with E-state index < -0.39 is 5.41 Å². The highest BCUT2D eigenvalue weighted by atomic mass is 16.5. The van der Waals surface area contributed by atoms with Crippen molar-refractivity contribution in [2.24, 2.45) is 10.4 Å². The summed E-state index contributed by atoms with van der Waals surface area (Å²) in [5.74, 6) is 1.73. The van der Waals surface area contributed by atoms with Gasteiger partial charge in [-0.1, -0.05) is 18.2 Å². The molecule has 1 unspecified atom stereocenters. The molecule has 154 valence electrons. The molecule has 1 spiro atoms. The van der Waals surface area contributed by atoms with Crippen LogP contribution in [-0.4, -0.2) is 37.6 Å². The van der Waals surface area contributed by atoms with Crippen LogP contribution in [0, 0.1) is 5.41 Å². The Morgan fingerprint density at radius 3 is 2.64 bits per heavy atom. The molecule has 2 aliphatic rings. The topological polar surface area (TPSA) is 74.8 Å². The standard InChI is InChI=1S/C22H34N4O2/c1-5-24-19(27)21(2,3)15-25-20(23-4)26-17-14-22(12-8-9-13-22)28-18-11-7-6-10-16(17)18/h6-7,10-11,17H,5,8-9,12-15H2,1-4H3,(H,24,27)(H2,23,25,26). The molecule has 3 rings (SSSR count). The minimum absolute atomic E-state index is 0.0410. The van der Waals surface area contributed by atoms with E-state index in [1.54, 1.807) is 7.05 Å². The van der Waals surface area contributed by atoms with Crippen LogP contribution in [0.4, 0.5) is 0 Å². The zero-order valence-electron chi connectivity index (χ0n) is 17.6. The molecule has 0 bridgehead atoms. The lowest BCUT2D eigenvalue weighted by Gasteiger charge is -2.40. The van der Waals surface area contributed by atoms with Crippen molar-refractivity contribution >= 4 is 11.9 Å². The first-order valence-corrected chi connectivity index (χ1v) is 10.4. The molecule has 6 heteroatoms. The Balaban J connectivity index is 1.71. The van der Waals surface area contributed by atoms with E-state index in [4.69, 9.17) is 4.74 Å². The van der Waals surface area contributed by atoms with E-state index in [0.29, 0.717) is 19.0 Å². The van der Waals surface area contributed by atoms with Crippen LogP contribution in [0.15, 0.2) is 29.3 Å². The number of carbonyl (C=O) groups is 1. The lowest BCUT2D eigenvalue weighted by molar-refractivity contribution is -0.128. The van der Waals surface area contributed by atoms with Crippen molar-refractivity contribution in [3.05, 3.63) is 29.8 Å². The summed E-state index contributed by atoms with van der Waals surface area (Å²) >= 11 is 0. The highest BCUT2D eigenvalue weighted by Crippen LogP contribution is 2.46. The zero-order valence-corrected chi connectivity index (χ0v) is 17.6. The van der Waals surface area contributed by atoms with E-state index in [-0.39, 0.29) is 17.6 Å². The maximum atomic E-state index is 12.3. The monoisotopic (exact) mass is 386 g/mol. The third-order valence-electron chi connectivity index (χ3n) is 5.90. The van der Waals surface area contributed by atoms with E-state index in [2.05, 4.69) is 39.1 Å². The quantitative estimate of drug-likeness (QED) is 0.537. The van der Waals surface area contributed by atoms with Crippen LogP contribution >= 0.6 is 0 Å². The number of benzene rings is 1. The molecule has 1 heterocycles. The van der Waals surface area contributed by atoms with Gasteiger partial charge in [0.1, 0.15) is 11.4 Å². The Hall–Kier alpha value is -2.24. The number of rotatable bonds is 5. The molecule has 1 saturated carbocycles. The molecule has 28 heavy (non-hydrogen) atoms. The molecule has 1 aromatic rings. The van der Waals surface area contributed by atoms with Crippen LogP contribution in [0.25, 0.3) is 0 Å². The lowest BCUT2D eigenvalue weighted by atomic mass is 9.86. The molecule has 1 amide bonds. The van der Waals surface area contributed by atoms with Crippen LogP contribution in [0.5, 0.6) is 5.75 Å². The van der Waals surface area contributed by atoms with Gasteiger partial charge < -0.3 is 20.7 Å². The van der Waals surface area contributed by atoms with Gasteiger partial charge in [0.15, 0.2) is 5.96 Å². The summed E-state index contributed by atoms with van der Waals surface area (Å²) in [6.45, 7) is 6.96. The summed E-state index contributed by atoms with van der Waals surface area (Å²) < 4.78 is 6.45. The minimum atomic E-state index is -0.520. The van der Waals surface area contributed by atoms with Gasteiger partial charge in [-0.15, -0.1) is 0 Å². The summed E-state index contributed by atoms with van der Waals surface area (Å²) in [5, 5.41) is 9.83. The van der Waals surface area contributed by atoms with Gasteiger partial charge in [-0.3, -0.25) is 9.79 Å². The van der Waals surface area contributed by atoms with Gasteiger partial charge >= 0.3 is 0 Å². The number of hydrogen-bond acceptors (Lipinski definition) is 3. The van der Waals surface area contributed by atoms with Gasteiger partial charge in [0.2, 0.25) is 5.91 Å². The molecule has 0 radical (unpaired) electrons. The first kappa shape index (κ1) is 20.5. The number of amides is 1. The SMILES string of the molecule is CCNC(=O)C(C)(C)CNC(=NC)NC1CC2(CCCC2)Oc2ccccc21. The Labute approximate surface area is 168 Å². The number of fused-ring (bicyclic) bond motifs is 1. The predicted molar refractivity (Wildman–Crippen MR) is 113 cm³/mol. The van der Waals surface area contributed by atoms with Crippen molar-refractivity contribution in [3.63, 3.8) is 0 Å². The van der Waals surface area contributed by atoms with Crippen molar-refractivity contribution in [1.82, 2.24) is 16.0 Å². The highest BCUT2D eigenvalue weighted by Gasteiger charge is 2.43. The molecule has 0 aromatic heterocycles. The average molecular weight is 387 g/mol. The first-order chi connectivity index (χ1) is 13.4. The molecule has 1 fully saturated rings. The number of guanidine groups is 1. The first-order valence-electron chi connectivity index (χ1n) is 10.4. The van der Waals surface area contributed by atoms with Gasteiger partial charge in [0.05, 0.1) is 11.5 Å². The summed E-state index contributed by atoms with van der Waals surface area (Å²) in [6.07, 6.45) is 5.60. The van der Waals surface area contributed by atoms with Crippen LogP contribution in [0.3, 0.4) is 0 Å². The van der Waals surface area contributed by atoms with Crippen molar-refractivity contribution in [3.8, 4) is 5.75 Å². The van der Waals surface area contributed by atoms with Crippen molar-refractivity contribution in [1.29, 1.82) is 0 Å². The van der Waals surface area contributed by atoms with Gasteiger partial charge in [-0.2, -0.15) is 0 Å². The Morgan fingerprint density at radius 1 is 1.25 bits per heavy atom. The van der Waals surface area contributed by atoms with Gasteiger partial charge in [-0.25, -0.2) is 0 Å². The Morgan fingerprint density at radius 2 is 1.96 bits per heavy atom. The maximum absolute atomic E-state index is 12.3. The lowest BCUT2D eigenvalue weighted by Crippen LogP contribution is -2.50. The fourth-order valence-electron chi connectivity index (χ4n) is 4.22. The summed E-state index contributed by atoms with van der Waals surface area (Å²) in [5.41, 5.74) is 0.588. The van der Waals surface area contributed by atoms with Crippen LogP contribution in [0.2, 0.25) is 0 Å². The normalized spacial score (nSPS) is 21.0. The second-order valence-corrected chi connectivity index (χ2v) is 8.60. The van der Waals surface area contributed by atoms with E-state index in [0.717, 1.165) is 25.0 Å². The fraction of sp³-hybridized carbons (Fsp3) is 0.636. The molecule has 1 atom stereocenters. The molecule has 3 N–H and O–H groups in total. The summed E-state index contributed by atoms with van der Waals surface area (Å²) in [6, 6.07) is 8.42. The van der Waals surface area contributed by atoms with Crippen molar-refractivity contribution in [2.75, 3.05) is 20.1 Å². The number of nitrogens with one attached hydrogen (secondary N) is 3. The van der Waals surface area contributed by atoms with E-state index in [9.17, 15) is 4.79 Å². The van der Waals surface area contributed by atoms with Crippen LogP contribution < -0.4 is 20.7 Å². The molecular weight excluding hydrogens is 352 g/mol. The molecular formula is C22H34N4O2. The molecule has 1 aliphatic carbocycles. The number of nitrogens with zero attached hydrogens (tertiary/aromatic N) is 1. The van der Waals surface area contributed by atoms with Gasteiger partial charge in [-0.05, 0) is 52.5 Å². The summed E-state index contributed by atoms with van der Waals surface area (Å²) in [4.78, 5) is 16.7. The molecule has 1 aliphatic heterocycles. The number of para-hydroxylation sites is 1. The largest absolute Gasteiger partial charge is 0.487 e. The number of hydrogen-bond donors (Lipinski definition) is 3. The predicted octanol–water partition coefficient (Wildman–Crippen LogP) is 3.15.